The summed E-state index contributed by atoms with van der Waals surface area (Å²) in [5.41, 5.74) is 0. The summed E-state index contributed by atoms with van der Waals surface area (Å²) in [7, 11) is 1.79. The number of hydrogen-bond donors (Lipinski definition) is 1. The van der Waals surface area contributed by atoms with Gasteiger partial charge in [-0.25, -0.2) is 4.68 Å². The molecule has 106 valence electrons. The van der Waals surface area contributed by atoms with Gasteiger partial charge in [-0.2, -0.15) is 20.1 Å². The molecule has 8 nitrogen and oxygen atoms in total. The zero-order valence-electron chi connectivity index (χ0n) is 11.4. The summed E-state index contributed by atoms with van der Waals surface area (Å²) in [6.07, 6.45) is 4.48. The number of nitrogens with one attached hydrogen (secondary N) is 1. The van der Waals surface area contributed by atoms with E-state index in [2.05, 4.69) is 30.3 Å². The molecule has 0 aliphatic carbocycles. The average molecular weight is 275 g/mol. The van der Waals surface area contributed by atoms with Gasteiger partial charge in [-0.05, 0) is 12.5 Å². The zero-order valence-corrected chi connectivity index (χ0v) is 11.4. The molecule has 0 radical (unpaired) electrons. The average Bonchev–Trinajstić information content (AvgIpc) is 2.89. The van der Waals surface area contributed by atoms with Crippen LogP contribution in [0.4, 0.5) is 11.9 Å². The number of aromatic nitrogens is 5. The summed E-state index contributed by atoms with van der Waals surface area (Å²) in [6, 6.07) is 1.84. The van der Waals surface area contributed by atoms with Gasteiger partial charge in [-0.3, -0.25) is 0 Å². The van der Waals surface area contributed by atoms with E-state index in [1.165, 1.54) is 0 Å². The van der Waals surface area contributed by atoms with Crippen LogP contribution in [0.15, 0.2) is 18.5 Å². The predicted molar refractivity (Wildman–Crippen MR) is 74.1 cm³/mol. The minimum atomic E-state index is 0.509. The van der Waals surface area contributed by atoms with Crippen LogP contribution in [0.5, 0.6) is 0 Å². The maximum Gasteiger partial charge on any atom is 0.257 e. The van der Waals surface area contributed by atoms with E-state index in [-0.39, 0.29) is 0 Å². The van der Waals surface area contributed by atoms with Gasteiger partial charge >= 0.3 is 0 Å². The van der Waals surface area contributed by atoms with E-state index in [1.54, 1.807) is 17.9 Å². The van der Waals surface area contributed by atoms with Gasteiger partial charge in [0.2, 0.25) is 11.9 Å². The quantitative estimate of drug-likeness (QED) is 0.864. The summed E-state index contributed by atoms with van der Waals surface area (Å²) < 4.78 is 7.08. The fourth-order valence-electron chi connectivity index (χ4n) is 2.04. The highest BCUT2D eigenvalue weighted by Gasteiger charge is 2.16. The van der Waals surface area contributed by atoms with E-state index in [4.69, 9.17) is 4.74 Å². The van der Waals surface area contributed by atoms with Crippen molar-refractivity contribution in [3.05, 3.63) is 18.5 Å². The number of nitrogens with zero attached hydrogens (tertiary/aromatic N) is 6. The molecule has 3 rings (SSSR count). The highest BCUT2D eigenvalue weighted by Crippen LogP contribution is 2.14. The highest BCUT2D eigenvalue weighted by molar-refractivity contribution is 5.39. The zero-order chi connectivity index (χ0) is 13.8. The normalized spacial score (nSPS) is 15.9. The molecular weight excluding hydrogens is 258 g/mol. The lowest BCUT2D eigenvalue weighted by Gasteiger charge is -2.20. The standard InChI is InChI=1S/C12H17N7O/c1-13-10-15-11(18-5-3-8-20-9-7-18)17-12(16-10)19-6-2-4-14-19/h2,4,6H,3,5,7-9H2,1H3,(H,13,15,16,17). The Morgan fingerprint density at radius 3 is 2.85 bits per heavy atom. The molecule has 1 aliphatic heterocycles. The van der Waals surface area contributed by atoms with E-state index in [9.17, 15) is 0 Å². The molecule has 20 heavy (non-hydrogen) atoms. The van der Waals surface area contributed by atoms with Crippen LogP contribution in [0.3, 0.4) is 0 Å². The van der Waals surface area contributed by atoms with Gasteiger partial charge < -0.3 is 15.0 Å². The van der Waals surface area contributed by atoms with Crippen LogP contribution in [0.2, 0.25) is 0 Å². The molecule has 1 fully saturated rings. The smallest absolute Gasteiger partial charge is 0.257 e. The van der Waals surface area contributed by atoms with Gasteiger partial charge in [0.15, 0.2) is 0 Å². The Morgan fingerprint density at radius 2 is 2.05 bits per heavy atom. The van der Waals surface area contributed by atoms with E-state index in [0.29, 0.717) is 24.5 Å². The SMILES string of the molecule is CNc1nc(N2CCCOCC2)nc(-n2cccn2)n1. The second kappa shape index (κ2) is 5.83. The number of ether oxygens (including phenoxy) is 1. The summed E-state index contributed by atoms with van der Waals surface area (Å²) in [5, 5.41) is 7.12. The van der Waals surface area contributed by atoms with E-state index in [0.717, 1.165) is 26.1 Å². The Labute approximate surface area is 116 Å². The minimum absolute atomic E-state index is 0.509. The molecule has 0 bridgehead atoms. The van der Waals surface area contributed by atoms with Crippen molar-refractivity contribution in [1.82, 2.24) is 24.7 Å². The second-order valence-corrected chi connectivity index (χ2v) is 4.41. The molecule has 0 spiro atoms. The maximum atomic E-state index is 5.46. The third-order valence-corrected chi connectivity index (χ3v) is 3.05. The largest absolute Gasteiger partial charge is 0.380 e. The fourth-order valence-corrected chi connectivity index (χ4v) is 2.04. The number of hydrogen-bond acceptors (Lipinski definition) is 7. The number of rotatable bonds is 3. The van der Waals surface area contributed by atoms with Crippen LogP contribution in [0, 0.1) is 0 Å². The lowest BCUT2D eigenvalue weighted by atomic mass is 10.4. The summed E-state index contributed by atoms with van der Waals surface area (Å²) in [5.74, 6) is 1.69. The molecule has 1 aliphatic rings. The fraction of sp³-hybridized carbons (Fsp3) is 0.500. The van der Waals surface area contributed by atoms with Crippen LogP contribution >= 0.6 is 0 Å². The first kappa shape index (κ1) is 12.8. The van der Waals surface area contributed by atoms with Crippen molar-refractivity contribution in [2.75, 3.05) is 43.6 Å². The van der Waals surface area contributed by atoms with Crippen molar-refractivity contribution in [3.8, 4) is 5.95 Å². The molecule has 1 saturated heterocycles. The Balaban J connectivity index is 1.95. The number of anilines is 2. The van der Waals surface area contributed by atoms with Gasteiger partial charge in [0, 0.05) is 39.1 Å². The van der Waals surface area contributed by atoms with Crippen molar-refractivity contribution in [3.63, 3.8) is 0 Å². The molecule has 1 N–H and O–H groups in total. The third-order valence-electron chi connectivity index (χ3n) is 3.05. The lowest BCUT2D eigenvalue weighted by molar-refractivity contribution is 0.152. The van der Waals surface area contributed by atoms with Crippen LogP contribution in [-0.4, -0.2) is 58.1 Å². The summed E-state index contributed by atoms with van der Waals surface area (Å²) in [4.78, 5) is 15.4. The molecule has 0 aromatic carbocycles. The van der Waals surface area contributed by atoms with Crippen LogP contribution in [0.25, 0.3) is 5.95 Å². The second-order valence-electron chi connectivity index (χ2n) is 4.41. The van der Waals surface area contributed by atoms with E-state index in [1.807, 2.05) is 12.3 Å². The van der Waals surface area contributed by atoms with E-state index >= 15 is 0 Å². The van der Waals surface area contributed by atoms with Crippen LogP contribution in [-0.2, 0) is 4.74 Å². The molecule has 2 aromatic rings. The molecular formula is C12H17N7O. The molecule has 0 saturated carbocycles. The van der Waals surface area contributed by atoms with Gasteiger partial charge in [-0.1, -0.05) is 0 Å². The molecule has 0 amide bonds. The van der Waals surface area contributed by atoms with Crippen molar-refractivity contribution >= 4 is 11.9 Å². The van der Waals surface area contributed by atoms with Gasteiger partial charge in [0.05, 0.1) is 6.61 Å². The topological polar surface area (TPSA) is 81.0 Å². The molecule has 8 heteroatoms. The molecule has 0 unspecified atom stereocenters. The monoisotopic (exact) mass is 275 g/mol. The highest BCUT2D eigenvalue weighted by atomic mass is 16.5. The minimum Gasteiger partial charge on any atom is -0.380 e. The summed E-state index contributed by atoms with van der Waals surface area (Å²) in [6.45, 7) is 3.14. The summed E-state index contributed by atoms with van der Waals surface area (Å²) >= 11 is 0. The first-order valence-electron chi connectivity index (χ1n) is 6.63. The predicted octanol–water partition coefficient (Wildman–Crippen LogP) is 0.326. The van der Waals surface area contributed by atoms with Crippen LogP contribution in [0.1, 0.15) is 6.42 Å². The molecule has 0 atom stereocenters. The third kappa shape index (κ3) is 2.69. The van der Waals surface area contributed by atoms with Gasteiger partial charge in [0.25, 0.3) is 5.95 Å². The van der Waals surface area contributed by atoms with Crippen molar-refractivity contribution in [2.24, 2.45) is 0 Å². The Morgan fingerprint density at radius 1 is 1.15 bits per heavy atom. The maximum absolute atomic E-state index is 5.46. The molecule has 3 heterocycles. The Hall–Kier alpha value is -2.22. The van der Waals surface area contributed by atoms with Crippen molar-refractivity contribution in [2.45, 2.75) is 6.42 Å². The van der Waals surface area contributed by atoms with Crippen molar-refractivity contribution in [1.29, 1.82) is 0 Å². The van der Waals surface area contributed by atoms with Gasteiger partial charge in [-0.15, -0.1) is 0 Å². The van der Waals surface area contributed by atoms with Crippen LogP contribution < -0.4 is 10.2 Å². The van der Waals surface area contributed by atoms with Gasteiger partial charge in [0.1, 0.15) is 0 Å². The first-order valence-corrected chi connectivity index (χ1v) is 6.63. The lowest BCUT2D eigenvalue weighted by Crippen LogP contribution is -2.28. The van der Waals surface area contributed by atoms with E-state index < -0.39 is 0 Å². The Bertz CT molecular complexity index is 549. The van der Waals surface area contributed by atoms with Crippen molar-refractivity contribution < 1.29 is 4.74 Å². The Kier molecular flexibility index (Phi) is 3.73. The first-order chi connectivity index (χ1) is 9.86. The molecule has 2 aromatic heterocycles.